The van der Waals surface area contributed by atoms with Crippen molar-refractivity contribution in [3.05, 3.63) is 108 Å². The van der Waals surface area contributed by atoms with Crippen molar-refractivity contribution in [2.75, 3.05) is 11.5 Å². The molecule has 19 heteroatoms. The molecule has 0 spiro atoms. The molecule has 0 amide bonds. The maximum absolute atomic E-state index is 12.4. The molecule has 0 aliphatic heterocycles. The third kappa shape index (κ3) is 7.96. The van der Waals surface area contributed by atoms with Crippen molar-refractivity contribution in [3.8, 4) is 22.6 Å². The summed E-state index contributed by atoms with van der Waals surface area (Å²) >= 11 is 5.93. The Bertz CT molecular complexity index is 2710. The van der Waals surface area contributed by atoms with E-state index in [0.29, 0.717) is 5.69 Å². The highest BCUT2D eigenvalue weighted by atomic mass is 35.5. The number of nitrogen functional groups attached to an aromatic ring is 2. The fraction of sp³-hybridized carbons (Fsp3) is 0. The van der Waals surface area contributed by atoms with Crippen LogP contribution in [0.2, 0.25) is 5.02 Å². The molecule has 0 unspecified atom stereocenters. The predicted molar refractivity (Wildman–Crippen MR) is 198 cm³/mol. The number of aromatic hydroxyl groups is 2. The van der Waals surface area contributed by atoms with E-state index in [2.05, 4.69) is 30.7 Å². The quantitative estimate of drug-likeness (QED) is 0.0459. The van der Waals surface area contributed by atoms with Gasteiger partial charge in [0.25, 0.3) is 20.2 Å². The summed E-state index contributed by atoms with van der Waals surface area (Å²) in [6.45, 7) is 0. The Morgan fingerprint density at radius 2 is 1.04 bits per heavy atom. The second-order valence-electron chi connectivity index (χ2n) is 11.1. The zero-order chi connectivity index (χ0) is 38.1. The summed E-state index contributed by atoms with van der Waals surface area (Å²) in [6, 6.07) is 26.0. The highest BCUT2D eigenvalue weighted by Gasteiger charge is 2.28. The van der Waals surface area contributed by atoms with E-state index in [4.69, 9.17) is 23.1 Å². The van der Waals surface area contributed by atoms with E-state index in [0.717, 1.165) is 23.3 Å². The van der Waals surface area contributed by atoms with E-state index in [9.17, 15) is 36.2 Å². The molecule has 268 valence electrons. The molecule has 0 aliphatic carbocycles. The smallest absolute Gasteiger partial charge is 0.296 e. The molecule has 0 heterocycles. The largest absolute Gasteiger partial charge is 0.506 e. The van der Waals surface area contributed by atoms with E-state index >= 15 is 0 Å². The van der Waals surface area contributed by atoms with Gasteiger partial charge in [0.05, 0.1) is 38.8 Å². The van der Waals surface area contributed by atoms with E-state index in [-0.39, 0.29) is 44.3 Å². The SMILES string of the molecule is Nc1cc(O)c(Cl)cc1N=Nc1ccc(-c2ccc(N=Nc3c(S(=O)(=O)O)cc4cc(S(=O)(=O)O)c(N=Nc5ccccc5)c(O)c4c3N)cc2)cc1. The number of anilines is 2. The molecule has 0 bridgehead atoms. The van der Waals surface area contributed by atoms with Crippen LogP contribution in [0, 0.1) is 0 Å². The van der Waals surface area contributed by atoms with Crippen LogP contribution in [0.5, 0.6) is 11.5 Å². The fourth-order valence-corrected chi connectivity index (χ4v) is 6.51. The number of fused-ring (bicyclic) bond motifs is 1. The first kappa shape index (κ1) is 36.5. The minimum absolute atomic E-state index is 0.0824. The minimum atomic E-state index is -5.05. The number of phenols is 2. The summed E-state index contributed by atoms with van der Waals surface area (Å²) < 4.78 is 69.4. The van der Waals surface area contributed by atoms with Crippen LogP contribution in [0.15, 0.2) is 144 Å². The van der Waals surface area contributed by atoms with E-state index < -0.39 is 52.8 Å². The molecule has 0 aliphatic rings. The molecule has 0 saturated carbocycles. The average Bonchev–Trinajstić information content (AvgIpc) is 3.11. The normalized spacial score (nSPS) is 12.4. The van der Waals surface area contributed by atoms with Crippen molar-refractivity contribution in [3.63, 3.8) is 0 Å². The van der Waals surface area contributed by atoms with Crippen LogP contribution in [-0.2, 0) is 20.2 Å². The molecule has 0 fully saturated rings. The summed E-state index contributed by atoms with van der Waals surface area (Å²) in [7, 11) is -10.1. The lowest BCUT2D eigenvalue weighted by Gasteiger charge is -2.14. The summed E-state index contributed by atoms with van der Waals surface area (Å²) in [6.07, 6.45) is 0. The van der Waals surface area contributed by atoms with Crippen LogP contribution in [0.1, 0.15) is 0 Å². The van der Waals surface area contributed by atoms with Crippen molar-refractivity contribution in [2.24, 2.45) is 30.7 Å². The zero-order valence-electron chi connectivity index (χ0n) is 26.8. The first-order chi connectivity index (χ1) is 25.1. The fourth-order valence-electron chi connectivity index (χ4n) is 5.02. The van der Waals surface area contributed by atoms with Gasteiger partial charge in [-0.1, -0.05) is 54.1 Å². The number of hydrogen-bond donors (Lipinski definition) is 6. The molecule has 0 radical (unpaired) electrons. The molecule has 8 N–H and O–H groups in total. The molecule has 0 aromatic heterocycles. The Labute approximate surface area is 306 Å². The van der Waals surface area contributed by atoms with Gasteiger partial charge in [-0.15, -0.1) is 15.3 Å². The van der Waals surface area contributed by atoms with E-state index in [1.54, 1.807) is 78.9 Å². The van der Waals surface area contributed by atoms with Crippen LogP contribution >= 0.6 is 11.6 Å². The highest BCUT2D eigenvalue weighted by Crippen LogP contribution is 2.48. The summed E-state index contributed by atoms with van der Waals surface area (Å²) in [5, 5.41) is 44.4. The van der Waals surface area contributed by atoms with Gasteiger partial charge in [-0.05, 0) is 71.1 Å². The molecular weight excluding hydrogens is 748 g/mol. The standard InChI is InChI=1S/C34H25ClN8O8S2/c35-24-16-26(25(36)17-27(24)44)41-38-22-10-6-18(7-11-22)19-8-12-23(13-9-19)40-42-32-28(52(46,47)48)14-20-15-29(53(49,50)51)33(34(45)30(20)31(32)37)43-39-21-4-2-1-3-5-21/h1-17,44-45H,36-37H2,(H,46,47,48)(H,49,50,51). The van der Waals surface area contributed by atoms with Crippen molar-refractivity contribution < 1.29 is 36.2 Å². The monoisotopic (exact) mass is 772 g/mol. The Kier molecular flexibility index (Phi) is 9.89. The summed E-state index contributed by atoms with van der Waals surface area (Å²) in [5.41, 5.74) is 13.5. The Morgan fingerprint density at radius 1 is 0.566 bits per heavy atom. The first-order valence-corrected chi connectivity index (χ1v) is 18.2. The first-order valence-electron chi connectivity index (χ1n) is 15.0. The minimum Gasteiger partial charge on any atom is -0.506 e. The second-order valence-corrected chi connectivity index (χ2v) is 14.3. The van der Waals surface area contributed by atoms with Gasteiger partial charge in [0.1, 0.15) is 32.6 Å². The van der Waals surface area contributed by atoms with Gasteiger partial charge in [0.2, 0.25) is 0 Å². The highest BCUT2D eigenvalue weighted by molar-refractivity contribution is 7.86. The number of nitrogens with zero attached hydrogens (tertiary/aromatic N) is 6. The number of hydrogen-bond acceptors (Lipinski definition) is 14. The van der Waals surface area contributed by atoms with Gasteiger partial charge in [-0.3, -0.25) is 9.11 Å². The lowest BCUT2D eigenvalue weighted by Crippen LogP contribution is -2.03. The Hall–Kier alpha value is -6.31. The zero-order valence-corrected chi connectivity index (χ0v) is 29.2. The third-order valence-corrected chi connectivity index (χ3v) is 9.63. The Balaban J connectivity index is 1.32. The lowest BCUT2D eigenvalue weighted by atomic mass is 10.0. The van der Waals surface area contributed by atoms with Crippen LogP contribution in [0.3, 0.4) is 0 Å². The van der Waals surface area contributed by atoms with Crippen LogP contribution in [0.4, 0.5) is 45.5 Å². The van der Waals surface area contributed by atoms with Gasteiger partial charge < -0.3 is 21.7 Å². The van der Waals surface area contributed by atoms with Crippen LogP contribution in [-0.4, -0.2) is 36.2 Å². The molecule has 0 atom stereocenters. The molecule has 0 saturated heterocycles. The van der Waals surface area contributed by atoms with Crippen LogP contribution < -0.4 is 11.5 Å². The van der Waals surface area contributed by atoms with Crippen molar-refractivity contribution in [1.82, 2.24) is 0 Å². The van der Waals surface area contributed by atoms with Gasteiger partial charge in [0, 0.05) is 6.07 Å². The molecule has 16 nitrogen and oxygen atoms in total. The van der Waals surface area contributed by atoms with Gasteiger partial charge >= 0.3 is 0 Å². The number of azo groups is 3. The molecular formula is C34H25ClN8O8S2. The van der Waals surface area contributed by atoms with Crippen molar-refractivity contribution in [1.29, 1.82) is 0 Å². The predicted octanol–water partition coefficient (Wildman–Crippen LogP) is 9.48. The Morgan fingerprint density at radius 3 is 1.57 bits per heavy atom. The van der Waals surface area contributed by atoms with Crippen molar-refractivity contribution in [2.45, 2.75) is 9.79 Å². The summed E-state index contributed by atoms with van der Waals surface area (Å²) in [5.74, 6) is -1.03. The number of halogens is 1. The summed E-state index contributed by atoms with van der Waals surface area (Å²) in [4.78, 5) is -1.75. The molecule has 6 aromatic carbocycles. The number of benzene rings is 6. The molecule has 53 heavy (non-hydrogen) atoms. The lowest BCUT2D eigenvalue weighted by molar-refractivity contribution is 0.472. The number of phenolic OH excluding ortho intramolecular Hbond substituents is 2. The maximum Gasteiger partial charge on any atom is 0.296 e. The van der Waals surface area contributed by atoms with Gasteiger partial charge in [0.15, 0.2) is 5.75 Å². The van der Waals surface area contributed by atoms with E-state index in [1.165, 1.54) is 12.1 Å². The van der Waals surface area contributed by atoms with E-state index in [1.807, 2.05) is 0 Å². The second kappa shape index (κ2) is 14.4. The maximum atomic E-state index is 12.4. The third-order valence-electron chi connectivity index (χ3n) is 7.59. The molecule has 6 aromatic rings. The average molecular weight is 773 g/mol. The topological polar surface area (TPSA) is 275 Å². The van der Waals surface area contributed by atoms with Gasteiger partial charge in [-0.25, -0.2) is 0 Å². The number of rotatable bonds is 9. The van der Waals surface area contributed by atoms with Crippen molar-refractivity contribution >= 4 is 88.1 Å². The van der Waals surface area contributed by atoms with Gasteiger partial charge in [-0.2, -0.15) is 32.2 Å². The molecule has 6 rings (SSSR count). The van der Waals surface area contributed by atoms with Crippen LogP contribution in [0.25, 0.3) is 21.9 Å². The number of nitrogens with two attached hydrogens (primary N) is 2.